The first-order valence-electron chi connectivity index (χ1n) is 5.16. The maximum Gasteiger partial charge on any atom is 0.417 e. The van der Waals surface area contributed by atoms with Crippen LogP contribution >= 0.6 is 0 Å². The lowest BCUT2D eigenvalue weighted by Crippen LogP contribution is -2.57. The van der Waals surface area contributed by atoms with E-state index in [4.69, 9.17) is 0 Å². The molecule has 1 aromatic rings. The van der Waals surface area contributed by atoms with Gasteiger partial charge in [-0.25, -0.2) is 0 Å². The molecule has 1 aromatic carbocycles. The van der Waals surface area contributed by atoms with Gasteiger partial charge in [0.15, 0.2) is 0 Å². The van der Waals surface area contributed by atoms with Crippen LogP contribution in [-0.4, -0.2) is 25.0 Å². The molecular weight excluding hydrogens is 233 g/mol. The lowest BCUT2D eigenvalue weighted by molar-refractivity contribution is -0.137. The summed E-state index contributed by atoms with van der Waals surface area (Å²) in [6, 6.07) is 4.70. The lowest BCUT2D eigenvalue weighted by Gasteiger charge is -2.28. The molecule has 0 aliphatic carbocycles. The summed E-state index contributed by atoms with van der Waals surface area (Å²) in [5.41, 5.74) is -1.23. The Hall–Kier alpha value is -1.56. The molecule has 92 valence electrons. The Balaban J connectivity index is 2.21. The second-order valence-corrected chi connectivity index (χ2v) is 3.87. The highest BCUT2D eigenvalue weighted by Gasteiger charge is 2.35. The van der Waals surface area contributed by atoms with E-state index in [9.17, 15) is 18.0 Å². The van der Waals surface area contributed by atoms with E-state index in [-0.39, 0.29) is 11.6 Å². The summed E-state index contributed by atoms with van der Waals surface area (Å²) in [5, 5.41) is 5.47. The van der Waals surface area contributed by atoms with Crippen molar-refractivity contribution in [2.24, 2.45) is 0 Å². The fourth-order valence-corrected chi connectivity index (χ4v) is 1.58. The number of alkyl halides is 3. The largest absolute Gasteiger partial charge is 0.417 e. The van der Waals surface area contributed by atoms with Crippen LogP contribution in [0.15, 0.2) is 24.3 Å². The number of nitrogens with one attached hydrogen (secondary N) is 2. The Morgan fingerprint density at radius 3 is 2.47 bits per heavy atom. The van der Waals surface area contributed by atoms with Crippen molar-refractivity contribution in [1.29, 1.82) is 0 Å². The molecule has 17 heavy (non-hydrogen) atoms. The van der Waals surface area contributed by atoms with Gasteiger partial charge in [-0.2, -0.15) is 13.2 Å². The van der Waals surface area contributed by atoms with Gasteiger partial charge in [-0.3, -0.25) is 4.79 Å². The zero-order valence-electron chi connectivity index (χ0n) is 8.84. The van der Waals surface area contributed by atoms with Gasteiger partial charge in [-0.05, 0) is 12.1 Å². The average Bonchev–Trinajstić information content (AvgIpc) is 2.22. The molecule has 2 rings (SSSR count). The van der Waals surface area contributed by atoms with Crippen LogP contribution in [0.3, 0.4) is 0 Å². The zero-order valence-corrected chi connectivity index (χ0v) is 8.84. The van der Waals surface area contributed by atoms with E-state index in [0.717, 1.165) is 6.07 Å². The van der Waals surface area contributed by atoms with Gasteiger partial charge in [-0.1, -0.05) is 12.1 Å². The summed E-state index contributed by atoms with van der Waals surface area (Å²) < 4.78 is 37.9. The van der Waals surface area contributed by atoms with Crippen molar-refractivity contribution in [2.45, 2.75) is 12.2 Å². The van der Waals surface area contributed by atoms with Crippen molar-refractivity contribution >= 4 is 5.91 Å². The normalized spacial score (nSPS) is 16.4. The molecule has 2 N–H and O–H groups in total. The fourth-order valence-electron chi connectivity index (χ4n) is 1.58. The third-order valence-electron chi connectivity index (χ3n) is 2.59. The van der Waals surface area contributed by atoms with Crippen molar-refractivity contribution in [2.75, 3.05) is 13.1 Å². The second kappa shape index (κ2) is 4.37. The van der Waals surface area contributed by atoms with E-state index in [0.29, 0.717) is 13.1 Å². The summed E-state index contributed by atoms with van der Waals surface area (Å²) in [6.07, 6.45) is -4.51. The number of hydrogen-bond acceptors (Lipinski definition) is 2. The standard InChI is InChI=1S/C11H11F3N2O/c12-11(13,14)9-4-2-1-3-8(9)10(17)16-7-5-15-6-7/h1-4,7,15H,5-6H2,(H,16,17). The van der Waals surface area contributed by atoms with Crippen LogP contribution in [0, 0.1) is 0 Å². The number of halogens is 3. The topological polar surface area (TPSA) is 41.1 Å². The summed E-state index contributed by atoms with van der Waals surface area (Å²) in [4.78, 5) is 11.7. The lowest BCUT2D eigenvalue weighted by atomic mass is 10.1. The zero-order chi connectivity index (χ0) is 12.5. The van der Waals surface area contributed by atoms with Gasteiger partial charge in [-0.15, -0.1) is 0 Å². The molecule has 0 bridgehead atoms. The van der Waals surface area contributed by atoms with E-state index in [1.165, 1.54) is 18.2 Å². The molecule has 1 amide bonds. The van der Waals surface area contributed by atoms with E-state index >= 15 is 0 Å². The van der Waals surface area contributed by atoms with E-state index < -0.39 is 17.6 Å². The highest BCUT2D eigenvalue weighted by Crippen LogP contribution is 2.31. The third-order valence-corrected chi connectivity index (χ3v) is 2.59. The summed E-state index contributed by atoms with van der Waals surface area (Å²) in [7, 11) is 0. The molecular formula is C11H11F3N2O. The van der Waals surface area contributed by atoms with Crippen LogP contribution in [-0.2, 0) is 6.18 Å². The maximum atomic E-state index is 12.6. The molecule has 1 aliphatic rings. The molecule has 0 spiro atoms. The van der Waals surface area contributed by atoms with Crippen molar-refractivity contribution in [3.63, 3.8) is 0 Å². The van der Waals surface area contributed by atoms with Crippen LogP contribution in [0.4, 0.5) is 13.2 Å². The first-order chi connectivity index (χ1) is 7.98. The molecule has 3 nitrogen and oxygen atoms in total. The molecule has 0 unspecified atom stereocenters. The van der Waals surface area contributed by atoms with E-state index in [2.05, 4.69) is 10.6 Å². The SMILES string of the molecule is O=C(NC1CNC1)c1ccccc1C(F)(F)F. The minimum atomic E-state index is -4.51. The Morgan fingerprint density at radius 1 is 1.29 bits per heavy atom. The van der Waals surface area contributed by atoms with Crippen molar-refractivity contribution in [3.8, 4) is 0 Å². The first kappa shape index (κ1) is 11.9. The van der Waals surface area contributed by atoms with Gasteiger partial charge in [0.05, 0.1) is 17.2 Å². The Labute approximate surface area is 96.0 Å². The predicted molar refractivity (Wildman–Crippen MR) is 55.6 cm³/mol. The highest BCUT2D eigenvalue weighted by atomic mass is 19.4. The molecule has 6 heteroatoms. The predicted octanol–water partition coefficient (Wildman–Crippen LogP) is 1.41. The molecule has 1 aliphatic heterocycles. The minimum Gasteiger partial charge on any atom is -0.347 e. The van der Waals surface area contributed by atoms with Gasteiger partial charge in [0.1, 0.15) is 0 Å². The van der Waals surface area contributed by atoms with Gasteiger partial charge in [0.25, 0.3) is 5.91 Å². The Bertz CT molecular complexity index is 427. The molecule has 1 saturated heterocycles. The van der Waals surface area contributed by atoms with E-state index in [1.54, 1.807) is 0 Å². The summed E-state index contributed by atoms with van der Waals surface area (Å²) in [6.45, 7) is 1.19. The van der Waals surface area contributed by atoms with Crippen LogP contribution < -0.4 is 10.6 Å². The van der Waals surface area contributed by atoms with Gasteiger partial charge in [0.2, 0.25) is 0 Å². The second-order valence-electron chi connectivity index (χ2n) is 3.87. The number of carbonyl (C=O) groups excluding carboxylic acids is 1. The Kier molecular flexibility index (Phi) is 3.06. The van der Waals surface area contributed by atoms with Crippen LogP contribution in [0.1, 0.15) is 15.9 Å². The maximum absolute atomic E-state index is 12.6. The third kappa shape index (κ3) is 2.58. The first-order valence-corrected chi connectivity index (χ1v) is 5.16. The average molecular weight is 244 g/mol. The molecule has 1 fully saturated rings. The van der Waals surface area contributed by atoms with Gasteiger partial charge < -0.3 is 10.6 Å². The summed E-state index contributed by atoms with van der Waals surface area (Å²) >= 11 is 0. The van der Waals surface area contributed by atoms with Crippen molar-refractivity contribution in [3.05, 3.63) is 35.4 Å². The van der Waals surface area contributed by atoms with Crippen molar-refractivity contribution < 1.29 is 18.0 Å². The quantitative estimate of drug-likeness (QED) is 0.825. The van der Waals surface area contributed by atoms with E-state index in [1.807, 2.05) is 0 Å². The monoisotopic (exact) mass is 244 g/mol. The minimum absolute atomic E-state index is 0.0798. The van der Waals surface area contributed by atoms with Gasteiger partial charge in [0, 0.05) is 13.1 Å². The Morgan fingerprint density at radius 2 is 1.94 bits per heavy atom. The van der Waals surface area contributed by atoms with Gasteiger partial charge >= 0.3 is 6.18 Å². The number of amides is 1. The number of hydrogen-bond donors (Lipinski definition) is 2. The van der Waals surface area contributed by atoms with Crippen LogP contribution in [0.2, 0.25) is 0 Å². The number of carbonyl (C=O) groups is 1. The molecule has 1 heterocycles. The van der Waals surface area contributed by atoms with Crippen LogP contribution in [0.25, 0.3) is 0 Å². The summed E-state index contributed by atoms with van der Waals surface area (Å²) in [5.74, 6) is -0.676. The molecule has 0 saturated carbocycles. The highest BCUT2D eigenvalue weighted by molar-refractivity contribution is 5.96. The molecule has 0 radical (unpaired) electrons. The van der Waals surface area contributed by atoms with Crippen molar-refractivity contribution in [1.82, 2.24) is 10.6 Å². The number of rotatable bonds is 2. The smallest absolute Gasteiger partial charge is 0.347 e. The fraction of sp³-hybridized carbons (Fsp3) is 0.364. The molecule has 0 aromatic heterocycles. The number of benzene rings is 1. The van der Waals surface area contributed by atoms with Crippen LogP contribution in [0.5, 0.6) is 0 Å². The molecule has 0 atom stereocenters.